The van der Waals surface area contributed by atoms with Gasteiger partial charge in [0.25, 0.3) is 11.6 Å². The summed E-state index contributed by atoms with van der Waals surface area (Å²) < 4.78 is 2.17. The molecule has 11 heteroatoms. The van der Waals surface area contributed by atoms with E-state index in [-0.39, 0.29) is 17.1 Å². The van der Waals surface area contributed by atoms with Crippen molar-refractivity contribution in [2.24, 2.45) is 0 Å². The Balaban J connectivity index is 2.03. The molecule has 0 radical (unpaired) electrons. The van der Waals surface area contributed by atoms with Gasteiger partial charge in [0.2, 0.25) is 5.43 Å². The van der Waals surface area contributed by atoms with Gasteiger partial charge in [0.05, 0.1) is 14.8 Å². The number of para-hydroxylation sites is 2. The lowest BCUT2D eigenvalue weighted by atomic mass is 10.2. The van der Waals surface area contributed by atoms with Crippen LogP contribution in [0.25, 0.3) is 5.69 Å². The topological polar surface area (TPSA) is 120 Å². The van der Waals surface area contributed by atoms with Gasteiger partial charge in [0, 0.05) is 17.8 Å². The number of rotatable bonds is 5. The summed E-state index contributed by atoms with van der Waals surface area (Å²) in [6, 6.07) is 7.19. The summed E-state index contributed by atoms with van der Waals surface area (Å²) >= 11 is 2.80. The zero-order valence-corrected chi connectivity index (χ0v) is 16.8. The Labute approximate surface area is 167 Å². The molecule has 0 saturated carbocycles. The van der Waals surface area contributed by atoms with Crippen LogP contribution >= 0.6 is 23.1 Å². The van der Waals surface area contributed by atoms with E-state index in [9.17, 15) is 19.7 Å². The fourth-order valence-corrected chi connectivity index (χ4v) is 4.13. The Hall–Kier alpha value is -3.05. The molecular formula is C17H15N5O4S2. The standard InChI is InChI=1S/C17H15N5O4S2/c1-9-8-13(23)14(15(24)19-17-18-10(2)16(27-3)28-17)20-21(9)11-6-4-5-7-12(11)22(25)26/h4-8H,1-3H3,(H,18,19,24). The van der Waals surface area contributed by atoms with Gasteiger partial charge in [-0.2, -0.15) is 5.10 Å². The number of aryl methyl sites for hydroxylation is 2. The molecule has 144 valence electrons. The molecule has 0 unspecified atom stereocenters. The number of nitrogens with one attached hydrogen (secondary N) is 1. The first-order valence-electron chi connectivity index (χ1n) is 7.99. The van der Waals surface area contributed by atoms with Crippen molar-refractivity contribution < 1.29 is 9.72 Å². The van der Waals surface area contributed by atoms with Crippen LogP contribution in [0.15, 0.2) is 39.3 Å². The van der Waals surface area contributed by atoms with Crippen molar-refractivity contribution >= 4 is 39.8 Å². The van der Waals surface area contributed by atoms with E-state index in [1.165, 1.54) is 52.0 Å². The van der Waals surface area contributed by atoms with Crippen molar-refractivity contribution in [2.75, 3.05) is 11.6 Å². The second-order valence-electron chi connectivity index (χ2n) is 5.71. The lowest BCUT2D eigenvalue weighted by Crippen LogP contribution is -2.27. The number of hydrogen-bond donors (Lipinski definition) is 1. The highest BCUT2D eigenvalue weighted by atomic mass is 32.2. The van der Waals surface area contributed by atoms with Gasteiger partial charge in [-0.15, -0.1) is 11.8 Å². The van der Waals surface area contributed by atoms with Crippen LogP contribution in [0.4, 0.5) is 10.8 Å². The van der Waals surface area contributed by atoms with Crippen molar-refractivity contribution in [1.29, 1.82) is 0 Å². The molecule has 3 aromatic rings. The first-order chi connectivity index (χ1) is 13.3. The third kappa shape index (κ3) is 3.80. The molecule has 0 saturated heterocycles. The van der Waals surface area contributed by atoms with Crippen LogP contribution in [-0.4, -0.2) is 31.9 Å². The second-order valence-corrected chi connectivity index (χ2v) is 7.78. The lowest BCUT2D eigenvalue weighted by Gasteiger charge is -2.11. The van der Waals surface area contributed by atoms with Gasteiger partial charge in [0.1, 0.15) is 5.69 Å². The predicted octanol–water partition coefficient (Wildman–Crippen LogP) is 3.19. The summed E-state index contributed by atoms with van der Waals surface area (Å²) in [6.45, 7) is 3.41. The van der Waals surface area contributed by atoms with Gasteiger partial charge in [-0.1, -0.05) is 23.5 Å². The molecule has 0 fully saturated rings. The number of nitrogens with zero attached hydrogens (tertiary/aromatic N) is 4. The molecule has 0 atom stereocenters. The molecule has 0 aliphatic rings. The second kappa shape index (κ2) is 7.90. The molecule has 0 bridgehead atoms. The summed E-state index contributed by atoms with van der Waals surface area (Å²) in [5.74, 6) is -0.723. The molecule has 2 heterocycles. The number of nitro groups is 1. The van der Waals surface area contributed by atoms with E-state index in [1.54, 1.807) is 13.0 Å². The number of thiazole rings is 1. The molecule has 1 N–H and O–H groups in total. The van der Waals surface area contributed by atoms with Crippen LogP contribution in [-0.2, 0) is 0 Å². The van der Waals surface area contributed by atoms with E-state index in [0.717, 1.165) is 9.90 Å². The van der Waals surface area contributed by atoms with Crippen molar-refractivity contribution in [1.82, 2.24) is 14.8 Å². The summed E-state index contributed by atoms with van der Waals surface area (Å²) in [4.78, 5) is 39.9. The van der Waals surface area contributed by atoms with Crippen LogP contribution < -0.4 is 10.7 Å². The highest BCUT2D eigenvalue weighted by molar-refractivity contribution is 8.00. The maximum atomic E-state index is 12.6. The Morgan fingerprint density at radius 1 is 1.32 bits per heavy atom. The molecule has 1 aromatic carbocycles. The van der Waals surface area contributed by atoms with E-state index >= 15 is 0 Å². The first kappa shape index (κ1) is 19.7. The van der Waals surface area contributed by atoms with Gasteiger partial charge in [-0.25, -0.2) is 9.67 Å². The fourth-order valence-electron chi connectivity index (χ4n) is 2.53. The van der Waals surface area contributed by atoms with Gasteiger partial charge in [-0.3, -0.25) is 25.0 Å². The number of hydrogen-bond acceptors (Lipinski definition) is 8. The smallest absolute Gasteiger partial charge is 0.294 e. The summed E-state index contributed by atoms with van der Waals surface area (Å²) in [5, 5.41) is 18.3. The Morgan fingerprint density at radius 3 is 2.68 bits per heavy atom. The minimum absolute atomic E-state index is 0.161. The maximum absolute atomic E-state index is 12.6. The van der Waals surface area contributed by atoms with Crippen LogP contribution in [0.3, 0.4) is 0 Å². The molecule has 3 rings (SSSR count). The predicted molar refractivity (Wildman–Crippen MR) is 108 cm³/mol. The number of amides is 1. The van der Waals surface area contributed by atoms with Gasteiger partial charge >= 0.3 is 0 Å². The quantitative estimate of drug-likeness (QED) is 0.384. The zero-order chi connectivity index (χ0) is 20.4. The number of benzene rings is 1. The SMILES string of the molecule is CSc1sc(NC(=O)c2nn(-c3ccccc3[N+](=O)[O-])c(C)cc2=O)nc1C. The van der Waals surface area contributed by atoms with Gasteiger partial charge < -0.3 is 0 Å². The van der Waals surface area contributed by atoms with Gasteiger partial charge in [0.15, 0.2) is 10.8 Å². The molecule has 9 nitrogen and oxygen atoms in total. The average Bonchev–Trinajstić information content (AvgIpc) is 3.00. The van der Waals surface area contributed by atoms with Crippen molar-refractivity contribution in [3.8, 4) is 5.69 Å². The Bertz CT molecular complexity index is 1140. The zero-order valence-electron chi connectivity index (χ0n) is 15.1. The number of carbonyl (C=O) groups excluding carboxylic acids is 1. The largest absolute Gasteiger partial charge is 0.296 e. The van der Waals surface area contributed by atoms with Crippen LogP contribution in [0.5, 0.6) is 0 Å². The maximum Gasteiger partial charge on any atom is 0.294 e. The molecule has 0 aliphatic carbocycles. The van der Waals surface area contributed by atoms with E-state index in [0.29, 0.717) is 10.8 Å². The molecule has 2 aromatic heterocycles. The minimum atomic E-state index is -0.723. The lowest BCUT2D eigenvalue weighted by molar-refractivity contribution is -0.384. The van der Waals surface area contributed by atoms with E-state index in [4.69, 9.17) is 0 Å². The average molecular weight is 417 g/mol. The monoisotopic (exact) mass is 417 g/mol. The Kier molecular flexibility index (Phi) is 5.56. The van der Waals surface area contributed by atoms with E-state index < -0.39 is 16.3 Å². The Morgan fingerprint density at radius 2 is 2.04 bits per heavy atom. The van der Waals surface area contributed by atoms with Crippen LogP contribution in [0.2, 0.25) is 0 Å². The molecule has 28 heavy (non-hydrogen) atoms. The summed E-state index contributed by atoms with van der Waals surface area (Å²) in [5.41, 5.74) is 0.167. The fraction of sp³-hybridized carbons (Fsp3) is 0.176. The van der Waals surface area contributed by atoms with Crippen molar-refractivity contribution in [2.45, 2.75) is 18.1 Å². The molecule has 0 spiro atoms. The minimum Gasteiger partial charge on any atom is -0.296 e. The normalized spacial score (nSPS) is 10.7. The van der Waals surface area contributed by atoms with E-state index in [2.05, 4.69) is 15.4 Å². The summed E-state index contributed by atoms with van der Waals surface area (Å²) in [7, 11) is 0. The first-order valence-corrected chi connectivity index (χ1v) is 10.0. The third-order valence-corrected chi connectivity index (χ3v) is 6.07. The molecule has 0 aliphatic heterocycles. The van der Waals surface area contributed by atoms with Gasteiger partial charge in [-0.05, 0) is 26.2 Å². The number of nitro benzene ring substituents is 1. The molecule has 1 amide bonds. The van der Waals surface area contributed by atoms with Crippen molar-refractivity contribution in [3.63, 3.8) is 0 Å². The highest BCUT2D eigenvalue weighted by Gasteiger charge is 2.21. The van der Waals surface area contributed by atoms with Crippen LogP contribution in [0.1, 0.15) is 21.9 Å². The van der Waals surface area contributed by atoms with Crippen molar-refractivity contribution in [3.05, 3.63) is 67.8 Å². The number of carbonyl (C=O) groups is 1. The van der Waals surface area contributed by atoms with Crippen LogP contribution in [0, 0.1) is 24.0 Å². The number of aromatic nitrogens is 3. The highest BCUT2D eigenvalue weighted by Crippen LogP contribution is 2.30. The number of anilines is 1. The van der Waals surface area contributed by atoms with E-state index in [1.807, 2.05) is 13.2 Å². The third-order valence-electron chi connectivity index (χ3n) is 3.79. The summed E-state index contributed by atoms with van der Waals surface area (Å²) in [6.07, 6.45) is 1.90. The number of thioether (sulfide) groups is 1. The molecular weight excluding hydrogens is 402 g/mol.